The van der Waals surface area contributed by atoms with Crippen molar-refractivity contribution in [2.75, 3.05) is 44.7 Å². The molecule has 3 rings (SSSR count). The topological polar surface area (TPSA) is 70.7 Å². The lowest BCUT2D eigenvalue weighted by Crippen LogP contribution is -2.38. The molecule has 154 valence electrons. The molecule has 0 radical (unpaired) electrons. The fraction of sp³-hybridized carbons (Fsp3) is 0.391. The lowest BCUT2D eigenvalue weighted by atomic mass is 10.1. The molecule has 1 heterocycles. The molecular formula is C23H29N3O3. The van der Waals surface area contributed by atoms with Gasteiger partial charge in [-0.25, -0.2) is 0 Å². The maximum Gasteiger partial charge on any atom is 0.253 e. The van der Waals surface area contributed by atoms with Gasteiger partial charge in [0.2, 0.25) is 5.91 Å². The number of nitrogens with zero attached hydrogens (tertiary/aromatic N) is 1. The highest BCUT2D eigenvalue weighted by molar-refractivity contribution is 6.03. The smallest absolute Gasteiger partial charge is 0.253 e. The highest BCUT2D eigenvalue weighted by Gasteiger charge is 2.14. The molecule has 1 aliphatic heterocycles. The summed E-state index contributed by atoms with van der Waals surface area (Å²) >= 11 is 0. The van der Waals surface area contributed by atoms with Crippen molar-refractivity contribution in [3.05, 3.63) is 65.7 Å². The molecule has 2 N–H and O–H groups in total. The van der Waals surface area contributed by atoms with Gasteiger partial charge < -0.3 is 15.4 Å². The lowest BCUT2D eigenvalue weighted by Gasteiger charge is -2.26. The molecule has 1 fully saturated rings. The van der Waals surface area contributed by atoms with Crippen LogP contribution in [-0.2, 0) is 16.0 Å². The number of ether oxygens (including phenoxy) is 1. The van der Waals surface area contributed by atoms with Gasteiger partial charge in [0.1, 0.15) is 0 Å². The first-order chi connectivity index (χ1) is 14.2. The number of hydrogen-bond donors (Lipinski definition) is 2. The molecule has 2 aromatic carbocycles. The van der Waals surface area contributed by atoms with Crippen molar-refractivity contribution >= 4 is 17.5 Å². The molecule has 0 unspecified atom stereocenters. The summed E-state index contributed by atoms with van der Waals surface area (Å²) in [5.74, 6) is -0.257. The normalized spacial score (nSPS) is 14.3. The van der Waals surface area contributed by atoms with E-state index in [0.29, 0.717) is 30.6 Å². The van der Waals surface area contributed by atoms with Gasteiger partial charge in [0.25, 0.3) is 5.91 Å². The van der Waals surface area contributed by atoms with Crippen molar-refractivity contribution in [2.45, 2.75) is 19.3 Å². The number of hydrogen-bond acceptors (Lipinski definition) is 4. The highest BCUT2D eigenvalue weighted by atomic mass is 16.5. The SMILES string of the molecule is O=C(CCc1ccccc1)Nc1ccccc1C(=O)NCCCN1CCOCC1. The third kappa shape index (κ3) is 7.00. The Hall–Kier alpha value is -2.70. The van der Waals surface area contributed by atoms with Crippen molar-refractivity contribution < 1.29 is 14.3 Å². The first-order valence-electron chi connectivity index (χ1n) is 10.2. The van der Waals surface area contributed by atoms with Crippen molar-refractivity contribution in [3.8, 4) is 0 Å². The number of carbonyl (C=O) groups is 2. The second kappa shape index (κ2) is 11.3. The van der Waals surface area contributed by atoms with Crippen LogP contribution in [0.4, 0.5) is 5.69 Å². The van der Waals surface area contributed by atoms with Crippen LogP contribution in [0.25, 0.3) is 0 Å². The van der Waals surface area contributed by atoms with Crippen LogP contribution in [0.15, 0.2) is 54.6 Å². The van der Waals surface area contributed by atoms with Gasteiger partial charge in [-0.2, -0.15) is 0 Å². The van der Waals surface area contributed by atoms with Crippen molar-refractivity contribution in [2.24, 2.45) is 0 Å². The van der Waals surface area contributed by atoms with E-state index in [0.717, 1.165) is 44.8 Å². The summed E-state index contributed by atoms with van der Waals surface area (Å²) in [6, 6.07) is 17.0. The summed E-state index contributed by atoms with van der Waals surface area (Å²) in [5.41, 5.74) is 2.16. The summed E-state index contributed by atoms with van der Waals surface area (Å²) < 4.78 is 5.34. The average molecular weight is 396 g/mol. The molecule has 29 heavy (non-hydrogen) atoms. The Kier molecular flexibility index (Phi) is 8.22. The molecule has 6 nitrogen and oxygen atoms in total. The minimum atomic E-state index is -0.161. The maximum absolute atomic E-state index is 12.6. The molecule has 0 bridgehead atoms. The van der Waals surface area contributed by atoms with E-state index in [-0.39, 0.29) is 11.8 Å². The number of anilines is 1. The van der Waals surface area contributed by atoms with Gasteiger partial charge in [0, 0.05) is 26.1 Å². The highest BCUT2D eigenvalue weighted by Crippen LogP contribution is 2.16. The Morgan fingerprint density at radius 3 is 2.48 bits per heavy atom. The first-order valence-corrected chi connectivity index (χ1v) is 10.2. The van der Waals surface area contributed by atoms with Crippen molar-refractivity contribution in [1.82, 2.24) is 10.2 Å². The van der Waals surface area contributed by atoms with E-state index in [9.17, 15) is 9.59 Å². The molecule has 1 aliphatic rings. The Morgan fingerprint density at radius 1 is 0.966 bits per heavy atom. The lowest BCUT2D eigenvalue weighted by molar-refractivity contribution is -0.116. The van der Waals surface area contributed by atoms with Gasteiger partial charge >= 0.3 is 0 Å². The number of rotatable bonds is 9. The number of amides is 2. The Morgan fingerprint density at radius 2 is 1.69 bits per heavy atom. The number of benzene rings is 2. The van der Waals surface area contributed by atoms with Crippen LogP contribution < -0.4 is 10.6 Å². The zero-order valence-corrected chi connectivity index (χ0v) is 16.7. The fourth-order valence-electron chi connectivity index (χ4n) is 3.33. The Balaban J connectivity index is 1.45. The van der Waals surface area contributed by atoms with Gasteiger partial charge in [-0.3, -0.25) is 14.5 Å². The molecular weight excluding hydrogens is 366 g/mol. The molecule has 0 spiro atoms. The molecule has 2 amide bonds. The Labute approximate surface area is 172 Å². The molecule has 0 saturated carbocycles. The van der Waals surface area contributed by atoms with Gasteiger partial charge in [-0.05, 0) is 37.1 Å². The summed E-state index contributed by atoms with van der Waals surface area (Å²) in [6.07, 6.45) is 1.93. The van der Waals surface area contributed by atoms with Gasteiger partial charge in [-0.15, -0.1) is 0 Å². The van der Waals surface area contributed by atoms with Gasteiger partial charge in [-0.1, -0.05) is 42.5 Å². The minimum Gasteiger partial charge on any atom is -0.379 e. The van der Waals surface area contributed by atoms with E-state index in [1.807, 2.05) is 42.5 Å². The molecule has 6 heteroatoms. The predicted octanol–water partition coefficient (Wildman–Crippen LogP) is 2.71. The van der Waals surface area contributed by atoms with E-state index in [1.165, 1.54) is 0 Å². The summed E-state index contributed by atoms with van der Waals surface area (Å²) in [5, 5.41) is 5.84. The summed E-state index contributed by atoms with van der Waals surface area (Å²) in [7, 11) is 0. The van der Waals surface area contributed by atoms with Crippen LogP contribution in [0.3, 0.4) is 0 Å². The third-order valence-electron chi connectivity index (χ3n) is 4.97. The van der Waals surface area contributed by atoms with E-state index < -0.39 is 0 Å². The number of morpholine rings is 1. The van der Waals surface area contributed by atoms with E-state index in [2.05, 4.69) is 15.5 Å². The summed E-state index contributed by atoms with van der Waals surface area (Å²) in [4.78, 5) is 27.3. The zero-order chi connectivity index (χ0) is 20.3. The van der Waals surface area contributed by atoms with Crippen LogP contribution in [-0.4, -0.2) is 56.1 Å². The number of para-hydroxylation sites is 1. The van der Waals surface area contributed by atoms with Crippen molar-refractivity contribution in [1.29, 1.82) is 0 Å². The molecule has 0 aromatic heterocycles. The van der Waals surface area contributed by atoms with Crippen LogP contribution in [0.1, 0.15) is 28.8 Å². The van der Waals surface area contributed by atoms with Gasteiger partial charge in [0.05, 0.1) is 24.5 Å². The first kappa shape index (κ1) is 21.0. The average Bonchev–Trinajstić information content (AvgIpc) is 2.77. The van der Waals surface area contributed by atoms with E-state index >= 15 is 0 Å². The van der Waals surface area contributed by atoms with Crippen LogP contribution in [0.5, 0.6) is 0 Å². The molecule has 2 aromatic rings. The summed E-state index contributed by atoms with van der Waals surface area (Å²) in [6.45, 7) is 5.01. The van der Waals surface area contributed by atoms with Crippen LogP contribution >= 0.6 is 0 Å². The third-order valence-corrected chi connectivity index (χ3v) is 4.97. The number of carbonyl (C=O) groups excluding carboxylic acids is 2. The molecule has 0 aliphatic carbocycles. The quantitative estimate of drug-likeness (QED) is 0.641. The second-order valence-corrected chi connectivity index (χ2v) is 7.14. The number of nitrogens with one attached hydrogen (secondary N) is 2. The van der Waals surface area contributed by atoms with E-state index in [1.54, 1.807) is 12.1 Å². The van der Waals surface area contributed by atoms with Crippen molar-refractivity contribution in [3.63, 3.8) is 0 Å². The van der Waals surface area contributed by atoms with Crippen LogP contribution in [0, 0.1) is 0 Å². The van der Waals surface area contributed by atoms with E-state index in [4.69, 9.17) is 4.74 Å². The monoisotopic (exact) mass is 395 g/mol. The fourth-order valence-corrected chi connectivity index (χ4v) is 3.33. The maximum atomic E-state index is 12.6. The largest absolute Gasteiger partial charge is 0.379 e. The molecule has 1 saturated heterocycles. The molecule has 0 atom stereocenters. The predicted molar refractivity (Wildman–Crippen MR) is 114 cm³/mol. The standard InChI is InChI=1S/C23H29N3O3/c27-22(12-11-19-7-2-1-3-8-19)25-21-10-5-4-9-20(21)23(28)24-13-6-14-26-15-17-29-18-16-26/h1-5,7-10H,6,11-18H2,(H,24,28)(H,25,27). The Bertz CT molecular complexity index is 789. The van der Waals surface area contributed by atoms with Gasteiger partial charge in [0.15, 0.2) is 0 Å². The van der Waals surface area contributed by atoms with Crippen LogP contribution in [0.2, 0.25) is 0 Å². The number of aryl methyl sites for hydroxylation is 1. The minimum absolute atomic E-state index is 0.0959. The zero-order valence-electron chi connectivity index (χ0n) is 16.7. The second-order valence-electron chi connectivity index (χ2n) is 7.14.